The van der Waals surface area contributed by atoms with E-state index in [9.17, 15) is 4.79 Å². The molecule has 0 bridgehead atoms. The molecule has 4 heteroatoms. The lowest BCUT2D eigenvalue weighted by Gasteiger charge is -2.09. The number of hydrogen-bond donors (Lipinski definition) is 1. The van der Waals surface area contributed by atoms with E-state index >= 15 is 0 Å². The van der Waals surface area contributed by atoms with Crippen LogP contribution in [0.1, 0.15) is 16.8 Å². The lowest BCUT2D eigenvalue weighted by molar-refractivity contribution is -0.111. The Labute approximate surface area is 147 Å². The predicted molar refractivity (Wildman–Crippen MR) is 100 cm³/mol. The molecule has 25 heavy (non-hydrogen) atoms. The van der Waals surface area contributed by atoms with E-state index in [-0.39, 0.29) is 5.91 Å². The molecule has 2 aromatic heterocycles. The van der Waals surface area contributed by atoms with Crippen LogP contribution in [0.25, 0.3) is 11.3 Å². The molecule has 2 heterocycles. The molecular weight excluding hydrogens is 310 g/mol. The number of benzene rings is 1. The molecule has 1 N–H and O–H groups in total. The van der Waals surface area contributed by atoms with Crippen LogP contribution in [0.3, 0.4) is 0 Å². The van der Waals surface area contributed by atoms with Gasteiger partial charge in [0.2, 0.25) is 5.91 Å². The minimum absolute atomic E-state index is 0.230. The van der Waals surface area contributed by atoms with Crippen molar-refractivity contribution in [3.05, 3.63) is 90.4 Å². The third-order valence-corrected chi connectivity index (χ3v) is 3.76. The van der Waals surface area contributed by atoms with Gasteiger partial charge in [-0.2, -0.15) is 0 Å². The normalized spacial score (nSPS) is 10.3. The first-order chi connectivity index (χ1) is 12.1. The van der Waals surface area contributed by atoms with Crippen LogP contribution in [-0.4, -0.2) is 15.9 Å². The van der Waals surface area contributed by atoms with E-state index in [0.29, 0.717) is 0 Å². The number of nitrogens with zero attached hydrogens (tertiary/aromatic N) is 2. The molecule has 0 radical (unpaired) electrons. The summed E-state index contributed by atoms with van der Waals surface area (Å²) in [6, 6.07) is 15.8. The number of rotatable bonds is 5. The summed E-state index contributed by atoms with van der Waals surface area (Å²) in [4.78, 5) is 20.3. The number of aromatic nitrogens is 2. The number of carbonyl (C=O) groups is 1. The van der Waals surface area contributed by atoms with Gasteiger partial charge in [-0.25, -0.2) is 0 Å². The molecule has 3 aromatic rings. The fraction of sp³-hybridized carbons (Fsp3) is 0.0952. The molecule has 1 amide bonds. The quantitative estimate of drug-likeness (QED) is 0.715. The maximum absolute atomic E-state index is 11.5. The van der Waals surface area contributed by atoms with Crippen LogP contribution < -0.4 is 5.32 Å². The molecule has 3 rings (SSSR count). The molecule has 1 aromatic carbocycles. The second-order valence-electron chi connectivity index (χ2n) is 5.81. The van der Waals surface area contributed by atoms with Gasteiger partial charge in [-0.3, -0.25) is 14.8 Å². The monoisotopic (exact) mass is 329 g/mol. The van der Waals surface area contributed by atoms with Gasteiger partial charge in [-0.05, 0) is 60.9 Å². The smallest absolute Gasteiger partial charge is 0.247 e. The molecule has 0 spiro atoms. The van der Waals surface area contributed by atoms with Crippen molar-refractivity contribution in [3.8, 4) is 11.3 Å². The third-order valence-electron chi connectivity index (χ3n) is 3.76. The maximum Gasteiger partial charge on any atom is 0.247 e. The summed E-state index contributed by atoms with van der Waals surface area (Å²) in [5.41, 5.74) is 5.85. The number of anilines is 1. The summed E-state index contributed by atoms with van der Waals surface area (Å²) in [5, 5.41) is 2.78. The lowest BCUT2D eigenvalue weighted by atomic mass is 10.0. The molecule has 0 saturated carbocycles. The van der Waals surface area contributed by atoms with Gasteiger partial charge in [-0.1, -0.05) is 24.8 Å². The fourth-order valence-electron chi connectivity index (χ4n) is 2.68. The highest BCUT2D eigenvalue weighted by Gasteiger charge is 2.06. The van der Waals surface area contributed by atoms with E-state index in [2.05, 4.69) is 40.1 Å². The molecule has 0 aliphatic rings. The first-order valence-corrected chi connectivity index (χ1v) is 8.04. The van der Waals surface area contributed by atoms with Crippen molar-refractivity contribution in [1.29, 1.82) is 0 Å². The van der Waals surface area contributed by atoms with Crippen molar-refractivity contribution in [2.45, 2.75) is 13.3 Å². The van der Waals surface area contributed by atoms with E-state index in [1.165, 1.54) is 11.6 Å². The zero-order valence-electron chi connectivity index (χ0n) is 14.1. The highest BCUT2D eigenvalue weighted by Crippen LogP contribution is 2.23. The van der Waals surface area contributed by atoms with Crippen LogP contribution in [0.5, 0.6) is 0 Å². The summed E-state index contributed by atoms with van der Waals surface area (Å²) >= 11 is 0. The van der Waals surface area contributed by atoms with Gasteiger partial charge >= 0.3 is 0 Å². The number of nitrogens with one attached hydrogen (secondary N) is 1. The van der Waals surface area contributed by atoms with Gasteiger partial charge in [0.25, 0.3) is 0 Å². The van der Waals surface area contributed by atoms with Gasteiger partial charge in [-0.15, -0.1) is 0 Å². The maximum atomic E-state index is 11.5. The number of hydrogen-bond acceptors (Lipinski definition) is 3. The van der Waals surface area contributed by atoms with Gasteiger partial charge < -0.3 is 5.32 Å². The van der Waals surface area contributed by atoms with E-state index < -0.39 is 0 Å². The van der Waals surface area contributed by atoms with Crippen molar-refractivity contribution >= 4 is 11.6 Å². The minimum Gasteiger partial charge on any atom is -0.323 e. The highest BCUT2D eigenvalue weighted by atomic mass is 16.1. The molecule has 0 unspecified atom stereocenters. The SMILES string of the molecule is C=CC(=O)Nc1cccc(-c2cc(Cc3cccnc3)cc(C)n2)c1. The molecule has 0 aliphatic carbocycles. The van der Waals surface area contributed by atoms with E-state index in [1.54, 1.807) is 6.20 Å². The van der Waals surface area contributed by atoms with E-state index in [0.717, 1.165) is 34.6 Å². The molecule has 0 aliphatic heterocycles. The topological polar surface area (TPSA) is 54.9 Å². The summed E-state index contributed by atoms with van der Waals surface area (Å²) in [5.74, 6) is -0.230. The zero-order valence-corrected chi connectivity index (χ0v) is 14.1. The number of amides is 1. The minimum atomic E-state index is -0.230. The van der Waals surface area contributed by atoms with Gasteiger partial charge in [0.1, 0.15) is 0 Å². The molecule has 0 saturated heterocycles. The Balaban J connectivity index is 1.91. The number of aryl methyl sites for hydroxylation is 1. The largest absolute Gasteiger partial charge is 0.323 e. The molecule has 0 fully saturated rings. The predicted octanol–water partition coefficient (Wildman–Crippen LogP) is 4.17. The van der Waals surface area contributed by atoms with Gasteiger partial charge in [0.15, 0.2) is 0 Å². The average molecular weight is 329 g/mol. The van der Waals surface area contributed by atoms with Crippen LogP contribution in [0, 0.1) is 6.92 Å². The summed E-state index contributed by atoms with van der Waals surface area (Å²) in [6.45, 7) is 5.46. The Hall–Kier alpha value is -3.27. The number of carbonyl (C=O) groups excluding carboxylic acids is 1. The zero-order chi connectivity index (χ0) is 17.6. The summed E-state index contributed by atoms with van der Waals surface area (Å²) in [6.07, 6.45) is 5.71. The van der Waals surface area contributed by atoms with Crippen LogP contribution in [0.15, 0.2) is 73.6 Å². The molecule has 0 atom stereocenters. The van der Waals surface area contributed by atoms with Crippen LogP contribution in [0.4, 0.5) is 5.69 Å². The average Bonchev–Trinajstić information content (AvgIpc) is 2.62. The Bertz CT molecular complexity index is 904. The van der Waals surface area contributed by atoms with Crippen molar-refractivity contribution in [1.82, 2.24) is 9.97 Å². The Morgan fingerprint density at radius 1 is 1.16 bits per heavy atom. The van der Waals surface area contributed by atoms with E-state index in [4.69, 9.17) is 0 Å². The molecule has 4 nitrogen and oxygen atoms in total. The Kier molecular flexibility index (Phi) is 5.00. The molecular formula is C21H19N3O. The second-order valence-corrected chi connectivity index (χ2v) is 5.81. The highest BCUT2D eigenvalue weighted by molar-refractivity contribution is 5.99. The van der Waals surface area contributed by atoms with Gasteiger partial charge in [0.05, 0.1) is 5.69 Å². The summed E-state index contributed by atoms with van der Waals surface area (Å²) < 4.78 is 0. The van der Waals surface area contributed by atoms with Crippen molar-refractivity contribution in [2.24, 2.45) is 0 Å². The van der Waals surface area contributed by atoms with Crippen LogP contribution in [-0.2, 0) is 11.2 Å². The van der Waals surface area contributed by atoms with Crippen LogP contribution >= 0.6 is 0 Å². The van der Waals surface area contributed by atoms with Crippen LogP contribution in [0.2, 0.25) is 0 Å². The summed E-state index contributed by atoms with van der Waals surface area (Å²) in [7, 11) is 0. The Morgan fingerprint density at radius 2 is 2.04 bits per heavy atom. The fourth-order valence-corrected chi connectivity index (χ4v) is 2.68. The van der Waals surface area contributed by atoms with Crippen molar-refractivity contribution in [2.75, 3.05) is 5.32 Å². The van der Waals surface area contributed by atoms with Gasteiger partial charge in [0, 0.05) is 29.3 Å². The number of pyridine rings is 2. The third kappa shape index (κ3) is 4.38. The van der Waals surface area contributed by atoms with E-state index in [1.807, 2.05) is 43.5 Å². The van der Waals surface area contributed by atoms with Crippen molar-refractivity contribution < 1.29 is 4.79 Å². The first kappa shape index (κ1) is 16.6. The molecule has 124 valence electrons. The standard InChI is InChI=1S/C21H19N3O/c1-3-21(25)24-19-8-4-7-18(13-19)20-12-17(10-15(2)23-20)11-16-6-5-9-22-14-16/h3-10,12-14H,1,11H2,2H3,(H,24,25). The second kappa shape index (κ2) is 7.53. The Morgan fingerprint density at radius 3 is 2.80 bits per heavy atom. The van der Waals surface area contributed by atoms with Crippen molar-refractivity contribution in [3.63, 3.8) is 0 Å². The lowest BCUT2D eigenvalue weighted by Crippen LogP contribution is -2.07. The first-order valence-electron chi connectivity index (χ1n) is 8.04.